The van der Waals surface area contributed by atoms with Crippen molar-refractivity contribution in [1.82, 2.24) is 0 Å². The van der Waals surface area contributed by atoms with Gasteiger partial charge in [-0.15, -0.1) is 0 Å². The number of Topliss-reactive ketones (excluding diaryl/α,β-unsaturated/α-hetero) is 1. The minimum absolute atomic E-state index is 0.0116. The van der Waals surface area contributed by atoms with Gasteiger partial charge in [-0.25, -0.2) is 0 Å². The largest absolute Gasteiger partial charge is 0.463 e. The minimum Gasteiger partial charge on any atom is -0.463 e. The Bertz CT molecular complexity index is 527. The number of carbonyl (C=O) groups is 3. The summed E-state index contributed by atoms with van der Waals surface area (Å²) >= 11 is 0. The molecular weight excluding hydrogens is 382 g/mol. The Hall–Kier alpha value is -1.55. The molecule has 0 aromatic carbocycles. The van der Waals surface area contributed by atoms with Crippen LogP contribution in [0.5, 0.6) is 0 Å². The van der Waals surface area contributed by atoms with Crippen molar-refractivity contribution in [2.24, 2.45) is 17.6 Å². The fraction of sp³-hybridized carbons (Fsp3) is 0.850. The molecule has 9 nitrogen and oxygen atoms in total. The van der Waals surface area contributed by atoms with Gasteiger partial charge >= 0.3 is 11.9 Å². The van der Waals surface area contributed by atoms with Gasteiger partial charge in [0.1, 0.15) is 24.6 Å². The van der Waals surface area contributed by atoms with E-state index in [1.165, 1.54) is 13.8 Å². The number of carbonyl (C=O) groups excluding carboxylic acids is 3. The molecule has 168 valence electrons. The van der Waals surface area contributed by atoms with Gasteiger partial charge in [-0.3, -0.25) is 14.4 Å². The van der Waals surface area contributed by atoms with Crippen molar-refractivity contribution in [1.29, 1.82) is 0 Å². The molecule has 1 fully saturated rings. The fourth-order valence-corrected chi connectivity index (χ4v) is 3.26. The van der Waals surface area contributed by atoms with Gasteiger partial charge in [0.25, 0.3) is 0 Å². The van der Waals surface area contributed by atoms with Crippen LogP contribution < -0.4 is 5.73 Å². The Balaban J connectivity index is 2.53. The standard InChI is InChI=1S/C20H35NO8/c1-13-14(2)20(28-16(4)23)19(12-27-15(3)22)29-18(13)11-17(24)5-7-25-9-10-26-8-6-21/h13-14,18-20H,5-12,21H2,1-4H3. The highest BCUT2D eigenvalue weighted by Crippen LogP contribution is 2.34. The van der Waals surface area contributed by atoms with Gasteiger partial charge in [0, 0.05) is 39.2 Å². The summed E-state index contributed by atoms with van der Waals surface area (Å²) in [5.41, 5.74) is 5.32. The van der Waals surface area contributed by atoms with Crippen molar-refractivity contribution in [3.05, 3.63) is 0 Å². The third kappa shape index (κ3) is 9.66. The lowest BCUT2D eigenvalue weighted by atomic mass is 9.79. The maximum atomic E-state index is 12.4. The Morgan fingerprint density at radius 1 is 0.897 bits per heavy atom. The second-order valence-electron chi connectivity index (χ2n) is 7.31. The zero-order chi connectivity index (χ0) is 21.8. The van der Waals surface area contributed by atoms with Crippen LogP contribution in [-0.4, -0.2) is 75.6 Å². The van der Waals surface area contributed by atoms with Crippen LogP contribution in [0.25, 0.3) is 0 Å². The Morgan fingerprint density at radius 2 is 1.55 bits per heavy atom. The van der Waals surface area contributed by atoms with E-state index in [0.717, 1.165) is 0 Å². The highest BCUT2D eigenvalue weighted by molar-refractivity contribution is 5.79. The van der Waals surface area contributed by atoms with Crippen LogP contribution in [0.15, 0.2) is 0 Å². The van der Waals surface area contributed by atoms with Crippen LogP contribution in [-0.2, 0) is 38.1 Å². The first kappa shape index (κ1) is 25.5. The smallest absolute Gasteiger partial charge is 0.303 e. The maximum Gasteiger partial charge on any atom is 0.303 e. The summed E-state index contributed by atoms with van der Waals surface area (Å²) in [5, 5.41) is 0. The lowest BCUT2D eigenvalue weighted by Crippen LogP contribution is -2.53. The fourth-order valence-electron chi connectivity index (χ4n) is 3.26. The van der Waals surface area contributed by atoms with Gasteiger partial charge in [0.15, 0.2) is 0 Å². The lowest BCUT2D eigenvalue weighted by Gasteiger charge is -2.43. The molecule has 0 aliphatic carbocycles. The number of ketones is 1. The zero-order valence-corrected chi connectivity index (χ0v) is 17.9. The molecule has 1 saturated heterocycles. The second-order valence-corrected chi connectivity index (χ2v) is 7.31. The van der Waals surface area contributed by atoms with E-state index in [1.54, 1.807) is 0 Å². The predicted octanol–water partition coefficient (Wildman–Crippen LogP) is 0.862. The van der Waals surface area contributed by atoms with Gasteiger partial charge in [-0.05, 0) is 5.92 Å². The summed E-state index contributed by atoms with van der Waals surface area (Å²) in [6, 6.07) is 0. The molecule has 0 amide bonds. The topological polar surface area (TPSA) is 123 Å². The second kappa shape index (κ2) is 13.6. The third-order valence-corrected chi connectivity index (χ3v) is 4.99. The number of esters is 2. The molecule has 5 unspecified atom stereocenters. The summed E-state index contributed by atoms with van der Waals surface area (Å²) in [6.45, 7) is 8.64. The average Bonchev–Trinajstić information content (AvgIpc) is 2.65. The first-order valence-electron chi connectivity index (χ1n) is 10.1. The molecule has 1 rings (SSSR count). The Kier molecular flexibility index (Phi) is 12.0. The summed E-state index contributed by atoms with van der Waals surface area (Å²) in [4.78, 5) is 35.0. The van der Waals surface area contributed by atoms with Crippen LogP contribution in [0, 0.1) is 11.8 Å². The Morgan fingerprint density at radius 3 is 2.14 bits per heavy atom. The number of hydrogen-bond donors (Lipinski definition) is 1. The molecule has 1 aliphatic heterocycles. The quantitative estimate of drug-likeness (QED) is 0.343. The highest BCUT2D eigenvalue weighted by Gasteiger charge is 2.44. The minimum atomic E-state index is -0.609. The van der Waals surface area contributed by atoms with Gasteiger partial charge in [0.2, 0.25) is 0 Å². The van der Waals surface area contributed by atoms with Crippen molar-refractivity contribution in [3.63, 3.8) is 0 Å². The summed E-state index contributed by atoms with van der Waals surface area (Å²) in [6.07, 6.45) is -0.993. The van der Waals surface area contributed by atoms with E-state index in [2.05, 4.69) is 0 Å². The maximum absolute atomic E-state index is 12.4. The van der Waals surface area contributed by atoms with Crippen molar-refractivity contribution < 1.29 is 38.1 Å². The van der Waals surface area contributed by atoms with Crippen molar-refractivity contribution in [3.8, 4) is 0 Å². The normalized spacial score (nSPS) is 26.7. The SMILES string of the molecule is CC(=O)OCC1OC(CC(=O)CCOCCOCCN)C(C)C(C)C1OC(C)=O. The number of nitrogens with two attached hydrogens (primary N) is 1. The van der Waals surface area contributed by atoms with E-state index in [1.807, 2.05) is 13.8 Å². The molecule has 0 radical (unpaired) electrons. The van der Waals surface area contributed by atoms with E-state index in [0.29, 0.717) is 33.0 Å². The van der Waals surface area contributed by atoms with Gasteiger partial charge in [-0.1, -0.05) is 13.8 Å². The van der Waals surface area contributed by atoms with Crippen molar-refractivity contribution in [2.75, 3.05) is 39.6 Å². The van der Waals surface area contributed by atoms with Crippen LogP contribution in [0.2, 0.25) is 0 Å². The van der Waals surface area contributed by atoms with Crippen LogP contribution in [0.3, 0.4) is 0 Å². The van der Waals surface area contributed by atoms with Gasteiger partial charge in [-0.2, -0.15) is 0 Å². The van der Waals surface area contributed by atoms with E-state index in [-0.39, 0.29) is 43.2 Å². The molecule has 2 N–H and O–H groups in total. The first-order chi connectivity index (χ1) is 13.8. The average molecular weight is 417 g/mol. The number of hydrogen-bond acceptors (Lipinski definition) is 9. The van der Waals surface area contributed by atoms with Crippen LogP contribution in [0.4, 0.5) is 0 Å². The number of rotatable bonds is 13. The lowest BCUT2D eigenvalue weighted by molar-refractivity contribution is -0.206. The predicted molar refractivity (Wildman–Crippen MR) is 104 cm³/mol. The molecule has 9 heteroatoms. The van der Waals surface area contributed by atoms with Crippen molar-refractivity contribution >= 4 is 17.7 Å². The van der Waals surface area contributed by atoms with Crippen molar-refractivity contribution in [2.45, 2.75) is 58.8 Å². The highest BCUT2D eigenvalue weighted by atomic mass is 16.6. The summed E-state index contributed by atoms with van der Waals surface area (Å²) < 4.78 is 27.1. The monoisotopic (exact) mass is 417 g/mol. The van der Waals surface area contributed by atoms with E-state index in [9.17, 15) is 14.4 Å². The van der Waals surface area contributed by atoms with Crippen LogP contribution in [0.1, 0.15) is 40.5 Å². The molecule has 29 heavy (non-hydrogen) atoms. The molecule has 0 aromatic heterocycles. The summed E-state index contributed by atoms with van der Waals surface area (Å²) in [7, 11) is 0. The molecule has 1 aliphatic rings. The van der Waals surface area contributed by atoms with E-state index >= 15 is 0 Å². The zero-order valence-electron chi connectivity index (χ0n) is 17.9. The van der Waals surface area contributed by atoms with Crippen LogP contribution >= 0.6 is 0 Å². The molecule has 1 heterocycles. The molecular formula is C20H35NO8. The number of ether oxygens (including phenoxy) is 5. The third-order valence-electron chi connectivity index (χ3n) is 4.99. The molecule has 0 aromatic rings. The van der Waals surface area contributed by atoms with Gasteiger partial charge in [0.05, 0.1) is 32.5 Å². The molecule has 0 bridgehead atoms. The van der Waals surface area contributed by atoms with E-state index < -0.39 is 24.1 Å². The van der Waals surface area contributed by atoms with E-state index in [4.69, 9.17) is 29.4 Å². The first-order valence-corrected chi connectivity index (χ1v) is 10.1. The summed E-state index contributed by atoms with van der Waals surface area (Å²) in [5.74, 6) is -0.909. The molecule has 0 saturated carbocycles. The Labute approximate surface area is 172 Å². The molecule has 5 atom stereocenters. The van der Waals surface area contributed by atoms with Gasteiger partial charge < -0.3 is 29.4 Å². The molecule has 0 spiro atoms.